The molecule has 0 bridgehead atoms. The van der Waals surface area contributed by atoms with Crippen molar-refractivity contribution in [3.05, 3.63) is 40.1 Å². The summed E-state index contributed by atoms with van der Waals surface area (Å²) in [7, 11) is 0. The summed E-state index contributed by atoms with van der Waals surface area (Å²) in [5, 5.41) is 1.95. The Kier molecular flexibility index (Phi) is 5.25. The van der Waals surface area contributed by atoms with E-state index in [4.69, 9.17) is 28.2 Å². The molecule has 0 unspecified atom stereocenters. The van der Waals surface area contributed by atoms with Crippen LogP contribution in [0.2, 0.25) is 10.0 Å². The van der Waals surface area contributed by atoms with Crippen LogP contribution in [0.15, 0.2) is 34.3 Å². The second-order valence-electron chi connectivity index (χ2n) is 6.57. The number of anilines is 1. The van der Waals surface area contributed by atoms with Crippen LogP contribution in [0.4, 0.5) is 5.82 Å². The quantitative estimate of drug-likeness (QED) is 0.874. The Labute approximate surface area is 156 Å². The molecule has 0 aliphatic carbocycles. The summed E-state index contributed by atoms with van der Waals surface area (Å²) >= 11 is 13.8. The Hall–Kier alpha value is -1.01. The van der Waals surface area contributed by atoms with Crippen LogP contribution in [0, 0.1) is 6.92 Å². The van der Waals surface area contributed by atoms with Gasteiger partial charge in [0.15, 0.2) is 0 Å². The van der Waals surface area contributed by atoms with Gasteiger partial charge in [-0.25, -0.2) is 9.97 Å². The van der Waals surface area contributed by atoms with Crippen LogP contribution < -0.4 is 10.6 Å². The van der Waals surface area contributed by atoms with Crippen LogP contribution in [0.5, 0.6) is 0 Å². The number of hydrogen-bond acceptors (Lipinski definition) is 4. The van der Waals surface area contributed by atoms with Gasteiger partial charge in [0.2, 0.25) is 0 Å². The fourth-order valence-electron chi connectivity index (χ4n) is 2.65. The Morgan fingerprint density at radius 1 is 1.25 bits per heavy atom. The summed E-state index contributed by atoms with van der Waals surface area (Å²) in [5.74, 6) is 0.935. The minimum atomic E-state index is 0.179. The predicted molar refractivity (Wildman–Crippen MR) is 100 cm³/mol. The molecule has 0 saturated carbocycles. The molecule has 24 heavy (non-hydrogen) atoms. The second-order valence-corrected chi connectivity index (χ2v) is 8.39. The van der Waals surface area contributed by atoms with E-state index >= 15 is 0 Å². The summed E-state index contributed by atoms with van der Waals surface area (Å²) in [6.45, 7) is 6.14. The van der Waals surface area contributed by atoms with E-state index < -0.39 is 0 Å². The maximum absolute atomic E-state index is 6.26. The van der Waals surface area contributed by atoms with E-state index in [2.05, 4.69) is 22.5 Å². The van der Waals surface area contributed by atoms with Gasteiger partial charge in [-0.15, -0.1) is 0 Å². The first-order valence-electron chi connectivity index (χ1n) is 7.91. The van der Waals surface area contributed by atoms with Gasteiger partial charge in [0.1, 0.15) is 10.8 Å². The zero-order valence-corrected chi connectivity index (χ0v) is 16.2. The zero-order valence-electron chi connectivity index (χ0n) is 13.9. The average molecular weight is 384 g/mol. The number of aromatic nitrogens is 2. The lowest BCUT2D eigenvalue weighted by Crippen LogP contribution is -2.73. The van der Waals surface area contributed by atoms with Gasteiger partial charge in [-0.1, -0.05) is 41.0 Å². The lowest BCUT2D eigenvalue weighted by Gasteiger charge is -2.35. The highest BCUT2D eigenvalue weighted by molar-refractivity contribution is 7.99. The Bertz CT molecular complexity index is 741. The molecule has 128 valence electrons. The second kappa shape index (κ2) is 7.08. The third-order valence-electron chi connectivity index (χ3n) is 4.31. The summed E-state index contributed by atoms with van der Waals surface area (Å²) in [4.78, 5) is 12.5. The number of rotatable bonds is 3. The van der Waals surface area contributed by atoms with Crippen LogP contribution in [-0.2, 0) is 0 Å². The number of benzene rings is 1. The van der Waals surface area contributed by atoms with Crippen molar-refractivity contribution in [3.63, 3.8) is 0 Å². The van der Waals surface area contributed by atoms with Crippen molar-refractivity contribution < 1.29 is 5.73 Å². The highest BCUT2D eigenvalue weighted by Crippen LogP contribution is 2.37. The van der Waals surface area contributed by atoms with Crippen molar-refractivity contribution in [1.82, 2.24) is 9.97 Å². The number of piperidine rings is 1. The van der Waals surface area contributed by atoms with Crippen molar-refractivity contribution in [2.75, 3.05) is 18.0 Å². The van der Waals surface area contributed by atoms with Crippen LogP contribution >= 0.6 is 35.0 Å². The van der Waals surface area contributed by atoms with Gasteiger partial charge in [-0.2, -0.15) is 0 Å². The lowest BCUT2D eigenvalue weighted by molar-refractivity contribution is -0.475. The Balaban J connectivity index is 1.77. The van der Waals surface area contributed by atoms with Crippen LogP contribution in [0.1, 0.15) is 25.5 Å². The topological polar surface area (TPSA) is 56.7 Å². The van der Waals surface area contributed by atoms with E-state index in [0.29, 0.717) is 10.0 Å². The number of hydrogen-bond donors (Lipinski definition) is 1. The van der Waals surface area contributed by atoms with Gasteiger partial charge in [0, 0.05) is 30.8 Å². The van der Waals surface area contributed by atoms with Gasteiger partial charge in [-0.3, -0.25) is 0 Å². The maximum atomic E-state index is 6.26. The van der Waals surface area contributed by atoms with Crippen molar-refractivity contribution in [3.8, 4) is 0 Å². The van der Waals surface area contributed by atoms with Gasteiger partial charge in [-0.05, 0) is 26.0 Å². The maximum Gasteiger partial charge on any atom is 0.147 e. The molecule has 2 aromatic rings. The molecular weight excluding hydrogens is 363 g/mol. The molecule has 1 aliphatic heterocycles. The molecular formula is C17H21Cl2N4S+. The van der Waals surface area contributed by atoms with E-state index in [1.54, 1.807) is 6.07 Å². The first-order chi connectivity index (χ1) is 11.4. The van der Waals surface area contributed by atoms with Gasteiger partial charge < -0.3 is 10.6 Å². The SMILES string of the molecule is Cc1nc(N2CCC(C)([NH3+])CC2)cnc1Sc1cccc(Cl)c1Cl. The normalized spacial score (nSPS) is 17.1. The summed E-state index contributed by atoms with van der Waals surface area (Å²) < 4.78 is 0. The van der Waals surface area contributed by atoms with Gasteiger partial charge in [0.25, 0.3) is 0 Å². The van der Waals surface area contributed by atoms with E-state index in [-0.39, 0.29) is 5.54 Å². The molecule has 3 rings (SSSR count). The molecule has 0 radical (unpaired) electrons. The Morgan fingerprint density at radius 2 is 1.96 bits per heavy atom. The van der Waals surface area contributed by atoms with Gasteiger partial charge >= 0.3 is 0 Å². The molecule has 0 amide bonds. The smallest absolute Gasteiger partial charge is 0.147 e. The number of nitrogens with zero attached hydrogens (tertiary/aromatic N) is 3. The number of aryl methyl sites for hydroxylation is 1. The largest absolute Gasteiger partial charge is 0.355 e. The van der Waals surface area contributed by atoms with Crippen molar-refractivity contribution in [2.45, 2.75) is 42.1 Å². The molecule has 2 heterocycles. The number of quaternary nitrogens is 1. The summed E-state index contributed by atoms with van der Waals surface area (Å²) in [6, 6.07) is 5.60. The molecule has 4 nitrogen and oxygen atoms in total. The van der Waals surface area contributed by atoms with Crippen molar-refractivity contribution in [1.29, 1.82) is 0 Å². The third-order valence-corrected chi connectivity index (χ3v) is 6.39. The van der Waals surface area contributed by atoms with Crippen LogP contribution in [0.3, 0.4) is 0 Å². The minimum Gasteiger partial charge on any atom is -0.355 e. The monoisotopic (exact) mass is 383 g/mol. The highest BCUT2D eigenvalue weighted by Gasteiger charge is 2.30. The lowest BCUT2D eigenvalue weighted by atomic mass is 9.91. The molecule has 1 fully saturated rings. The molecule has 1 aromatic carbocycles. The molecule has 1 aliphatic rings. The summed E-state index contributed by atoms with van der Waals surface area (Å²) in [6.07, 6.45) is 3.99. The molecule has 1 saturated heterocycles. The van der Waals surface area contributed by atoms with Crippen LogP contribution in [-0.4, -0.2) is 28.6 Å². The van der Waals surface area contributed by atoms with E-state index in [1.165, 1.54) is 11.8 Å². The fourth-order valence-corrected chi connectivity index (χ4v) is 3.98. The first kappa shape index (κ1) is 17.8. The number of halogens is 2. The fraction of sp³-hybridized carbons (Fsp3) is 0.412. The standard InChI is InChI=1S/C17H20Cl2N4S/c1-11-16(24-13-5-3-4-12(18)15(13)19)21-10-14(22-11)23-8-6-17(2,20)7-9-23/h3-5,10H,6-9,20H2,1-2H3/p+1. The van der Waals surface area contributed by atoms with Crippen LogP contribution in [0.25, 0.3) is 0 Å². The third kappa shape index (κ3) is 3.97. The Morgan fingerprint density at radius 3 is 2.62 bits per heavy atom. The zero-order chi connectivity index (χ0) is 17.3. The highest BCUT2D eigenvalue weighted by atomic mass is 35.5. The molecule has 7 heteroatoms. The molecule has 1 aromatic heterocycles. The van der Waals surface area contributed by atoms with Crippen molar-refractivity contribution in [2.24, 2.45) is 0 Å². The van der Waals surface area contributed by atoms with E-state index in [0.717, 1.165) is 47.4 Å². The van der Waals surface area contributed by atoms with E-state index in [1.807, 2.05) is 25.3 Å². The summed E-state index contributed by atoms with van der Waals surface area (Å²) in [5.41, 5.74) is 5.34. The minimum absolute atomic E-state index is 0.179. The molecule has 0 atom stereocenters. The van der Waals surface area contributed by atoms with Gasteiger partial charge in [0.05, 0.1) is 27.5 Å². The predicted octanol–water partition coefficient (Wildman–Crippen LogP) is 3.84. The molecule has 3 N–H and O–H groups in total. The first-order valence-corrected chi connectivity index (χ1v) is 9.49. The van der Waals surface area contributed by atoms with Crippen molar-refractivity contribution >= 4 is 40.8 Å². The average Bonchev–Trinajstić information content (AvgIpc) is 2.53. The van der Waals surface area contributed by atoms with E-state index in [9.17, 15) is 0 Å². The molecule has 0 spiro atoms.